The fourth-order valence-electron chi connectivity index (χ4n) is 2.66. The van der Waals surface area contributed by atoms with Gasteiger partial charge in [0.25, 0.3) is 0 Å². The Bertz CT molecular complexity index is 932. The lowest BCUT2D eigenvalue weighted by atomic mass is 10.2. The molecule has 2 aromatic carbocycles. The van der Waals surface area contributed by atoms with Crippen molar-refractivity contribution in [1.82, 2.24) is 0 Å². The van der Waals surface area contributed by atoms with Crippen LogP contribution in [0.3, 0.4) is 0 Å². The fourth-order valence-corrected chi connectivity index (χ4v) is 4.09. The normalized spacial score (nSPS) is 12.2. The zero-order valence-electron chi connectivity index (χ0n) is 16.1. The largest absolute Gasteiger partial charge is 0.495 e. The van der Waals surface area contributed by atoms with Crippen molar-refractivity contribution < 1.29 is 22.7 Å². The second kappa shape index (κ2) is 9.16. The van der Waals surface area contributed by atoms with Crippen molar-refractivity contribution >= 4 is 38.9 Å². The van der Waals surface area contributed by atoms with Crippen molar-refractivity contribution in [3.8, 4) is 11.5 Å². The fraction of sp³-hybridized carbons (Fsp3) is 0.316. The standard InChI is InChI=1S/C19H23ClN2O5S/c1-5-27-16-9-7-15(8-10-16)22(28(4,24)25)13(2)19(23)21-14-6-11-18(26-3)17(20)12-14/h6-13H,5H2,1-4H3,(H,21,23)/t13-/m0/s1. The number of ether oxygens (including phenoxy) is 2. The van der Waals surface area contributed by atoms with Crippen molar-refractivity contribution in [2.75, 3.05) is 29.6 Å². The summed E-state index contributed by atoms with van der Waals surface area (Å²) in [6, 6.07) is 10.3. The molecule has 1 N–H and O–H groups in total. The van der Waals surface area contributed by atoms with E-state index in [0.29, 0.717) is 34.5 Å². The molecule has 0 unspecified atom stereocenters. The van der Waals surface area contributed by atoms with Crippen LogP contribution < -0.4 is 19.1 Å². The highest BCUT2D eigenvalue weighted by molar-refractivity contribution is 7.92. The summed E-state index contributed by atoms with van der Waals surface area (Å²) >= 11 is 6.07. The van der Waals surface area contributed by atoms with Gasteiger partial charge < -0.3 is 14.8 Å². The number of amides is 1. The van der Waals surface area contributed by atoms with Crippen LogP contribution in [0.4, 0.5) is 11.4 Å². The quantitative estimate of drug-likeness (QED) is 0.697. The van der Waals surface area contributed by atoms with Crippen LogP contribution in [0, 0.1) is 0 Å². The highest BCUT2D eigenvalue weighted by Gasteiger charge is 2.29. The molecule has 9 heteroatoms. The topological polar surface area (TPSA) is 84.9 Å². The number of benzene rings is 2. The maximum absolute atomic E-state index is 12.7. The van der Waals surface area contributed by atoms with Gasteiger partial charge in [-0.2, -0.15) is 0 Å². The first-order valence-corrected chi connectivity index (χ1v) is 10.8. The van der Waals surface area contributed by atoms with E-state index < -0.39 is 22.0 Å². The minimum absolute atomic E-state index is 0.333. The first kappa shape index (κ1) is 21.8. The van der Waals surface area contributed by atoms with Crippen molar-refractivity contribution in [3.05, 3.63) is 47.5 Å². The molecular weight excluding hydrogens is 404 g/mol. The van der Waals surface area contributed by atoms with E-state index in [1.807, 2.05) is 6.92 Å². The van der Waals surface area contributed by atoms with Crippen LogP contribution in [0.1, 0.15) is 13.8 Å². The highest BCUT2D eigenvalue weighted by atomic mass is 35.5. The zero-order valence-corrected chi connectivity index (χ0v) is 17.7. The minimum Gasteiger partial charge on any atom is -0.495 e. The number of carbonyl (C=O) groups is 1. The molecule has 0 radical (unpaired) electrons. The number of halogens is 1. The molecule has 0 fully saturated rings. The van der Waals surface area contributed by atoms with E-state index in [0.717, 1.165) is 10.6 Å². The van der Waals surface area contributed by atoms with Gasteiger partial charge in [0.2, 0.25) is 15.9 Å². The number of sulfonamides is 1. The second-order valence-electron chi connectivity index (χ2n) is 6.00. The summed E-state index contributed by atoms with van der Waals surface area (Å²) in [5.74, 6) is 0.588. The molecule has 0 bridgehead atoms. The van der Waals surface area contributed by atoms with Gasteiger partial charge >= 0.3 is 0 Å². The molecule has 7 nitrogen and oxygen atoms in total. The van der Waals surface area contributed by atoms with Crippen LogP contribution in [0.5, 0.6) is 11.5 Å². The third-order valence-corrected chi connectivity index (χ3v) is 5.45. The second-order valence-corrected chi connectivity index (χ2v) is 8.27. The van der Waals surface area contributed by atoms with Crippen molar-refractivity contribution in [1.29, 1.82) is 0 Å². The third kappa shape index (κ3) is 5.30. The van der Waals surface area contributed by atoms with E-state index in [1.54, 1.807) is 36.4 Å². The molecule has 152 valence electrons. The molecule has 0 spiro atoms. The summed E-state index contributed by atoms with van der Waals surface area (Å²) in [5.41, 5.74) is 0.796. The van der Waals surface area contributed by atoms with Gasteiger partial charge in [-0.3, -0.25) is 9.10 Å². The predicted octanol–water partition coefficient (Wildman–Crippen LogP) is 3.54. The van der Waals surface area contributed by atoms with Crippen LogP contribution in [-0.2, 0) is 14.8 Å². The molecule has 0 aromatic heterocycles. The summed E-state index contributed by atoms with van der Waals surface area (Å²) in [6.45, 7) is 3.87. The number of hydrogen-bond donors (Lipinski definition) is 1. The Kier molecular flexibility index (Phi) is 7.15. The van der Waals surface area contributed by atoms with Crippen LogP contribution in [0.15, 0.2) is 42.5 Å². The molecule has 28 heavy (non-hydrogen) atoms. The van der Waals surface area contributed by atoms with Gasteiger partial charge in [0, 0.05) is 5.69 Å². The van der Waals surface area contributed by atoms with Gasteiger partial charge in [-0.15, -0.1) is 0 Å². The Labute approximate surface area is 170 Å². The Morgan fingerprint density at radius 2 is 1.86 bits per heavy atom. The smallest absolute Gasteiger partial charge is 0.247 e. The van der Waals surface area contributed by atoms with Crippen molar-refractivity contribution in [2.24, 2.45) is 0 Å². The lowest BCUT2D eigenvalue weighted by Crippen LogP contribution is -2.45. The Balaban J connectivity index is 2.26. The average molecular weight is 427 g/mol. The summed E-state index contributed by atoms with van der Waals surface area (Å²) in [7, 11) is -2.22. The molecular formula is C19H23ClN2O5S. The first-order chi connectivity index (χ1) is 13.2. The SMILES string of the molecule is CCOc1ccc(N([C@@H](C)C(=O)Nc2ccc(OC)c(Cl)c2)S(C)(=O)=O)cc1. The van der Waals surface area contributed by atoms with E-state index >= 15 is 0 Å². The molecule has 0 heterocycles. The molecule has 0 aliphatic carbocycles. The van der Waals surface area contributed by atoms with E-state index in [1.165, 1.54) is 20.1 Å². The van der Waals surface area contributed by atoms with Crippen molar-refractivity contribution in [3.63, 3.8) is 0 Å². The maximum Gasteiger partial charge on any atom is 0.247 e. The highest BCUT2D eigenvalue weighted by Crippen LogP contribution is 2.28. The number of rotatable bonds is 8. The molecule has 0 aliphatic heterocycles. The Hall–Kier alpha value is -2.45. The summed E-state index contributed by atoms with van der Waals surface area (Å²) in [5, 5.41) is 3.01. The Morgan fingerprint density at radius 1 is 1.21 bits per heavy atom. The lowest BCUT2D eigenvalue weighted by molar-refractivity contribution is -0.116. The summed E-state index contributed by atoms with van der Waals surface area (Å²) in [4.78, 5) is 12.7. The number of nitrogens with zero attached hydrogens (tertiary/aromatic N) is 1. The number of nitrogens with one attached hydrogen (secondary N) is 1. The first-order valence-electron chi connectivity index (χ1n) is 8.54. The molecule has 2 aromatic rings. The molecule has 1 atom stereocenters. The van der Waals surface area contributed by atoms with Gasteiger partial charge in [-0.05, 0) is 56.3 Å². The number of methoxy groups -OCH3 is 1. The summed E-state index contributed by atoms with van der Waals surface area (Å²) < 4.78 is 36.2. The van der Waals surface area contributed by atoms with Crippen LogP contribution in [0.25, 0.3) is 0 Å². The van der Waals surface area contributed by atoms with E-state index in [-0.39, 0.29) is 0 Å². The molecule has 0 saturated heterocycles. The Morgan fingerprint density at radius 3 is 2.36 bits per heavy atom. The third-order valence-electron chi connectivity index (χ3n) is 3.91. The molecule has 1 amide bonds. The van der Waals surface area contributed by atoms with Crippen LogP contribution >= 0.6 is 11.6 Å². The van der Waals surface area contributed by atoms with E-state index in [9.17, 15) is 13.2 Å². The number of carbonyl (C=O) groups excluding carboxylic acids is 1. The van der Waals surface area contributed by atoms with Gasteiger partial charge in [0.1, 0.15) is 17.5 Å². The number of hydrogen-bond acceptors (Lipinski definition) is 5. The monoisotopic (exact) mass is 426 g/mol. The minimum atomic E-state index is -3.71. The zero-order chi connectivity index (χ0) is 20.9. The number of anilines is 2. The van der Waals surface area contributed by atoms with Gasteiger partial charge in [0.15, 0.2) is 0 Å². The molecule has 2 rings (SSSR count). The van der Waals surface area contributed by atoms with Crippen molar-refractivity contribution in [2.45, 2.75) is 19.9 Å². The average Bonchev–Trinajstić information content (AvgIpc) is 2.62. The van der Waals surface area contributed by atoms with Gasteiger partial charge in [-0.25, -0.2) is 8.42 Å². The predicted molar refractivity (Wildman–Crippen MR) is 111 cm³/mol. The molecule has 0 saturated carbocycles. The lowest BCUT2D eigenvalue weighted by Gasteiger charge is -2.28. The van der Waals surface area contributed by atoms with E-state index in [4.69, 9.17) is 21.1 Å². The van der Waals surface area contributed by atoms with Gasteiger partial charge in [-0.1, -0.05) is 11.6 Å². The van der Waals surface area contributed by atoms with Gasteiger partial charge in [0.05, 0.1) is 30.7 Å². The molecule has 0 aliphatic rings. The summed E-state index contributed by atoms with van der Waals surface area (Å²) in [6.07, 6.45) is 1.05. The van der Waals surface area contributed by atoms with E-state index in [2.05, 4.69) is 5.32 Å². The maximum atomic E-state index is 12.7. The van der Waals surface area contributed by atoms with Crippen LogP contribution in [0.2, 0.25) is 5.02 Å². The van der Waals surface area contributed by atoms with Crippen LogP contribution in [-0.4, -0.2) is 40.3 Å².